The number of aliphatic hydroxyl groups is 1. The molecule has 0 spiro atoms. The van der Waals surface area contributed by atoms with Crippen molar-refractivity contribution in [3.8, 4) is 5.69 Å². The molecule has 0 aliphatic carbocycles. The number of imidazole rings is 1. The summed E-state index contributed by atoms with van der Waals surface area (Å²) in [5, 5.41) is 22.5. The number of alkyl halides is 3. The summed E-state index contributed by atoms with van der Waals surface area (Å²) in [6.45, 7) is 3.84. The van der Waals surface area contributed by atoms with Crippen LogP contribution in [0.25, 0.3) is 16.7 Å². The number of fused-ring (bicyclic) bond motifs is 1. The molecule has 14 heteroatoms. The van der Waals surface area contributed by atoms with Gasteiger partial charge in [-0.25, -0.2) is 18.6 Å². The zero-order chi connectivity index (χ0) is 28.4. The van der Waals surface area contributed by atoms with E-state index in [0.29, 0.717) is 10.6 Å². The number of carbonyl (C=O) groups excluding carboxylic acids is 1. The second kappa shape index (κ2) is 8.75. The van der Waals surface area contributed by atoms with Crippen molar-refractivity contribution in [2.45, 2.75) is 44.5 Å². The molecular weight excluding hydrogens is 517 g/mol. The average Bonchev–Trinajstić information content (AvgIpc) is 3.15. The predicted octanol–water partition coefficient (Wildman–Crippen LogP) is 4.25. The summed E-state index contributed by atoms with van der Waals surface area (Å²) in [5.41, 5.74) is -7.05. The number of carbonyl (C=O) groups is 2. The Kier molecular flexibility index (Phi) is 6.21. The zero-order valence-corrected chi connectivity index (χ0v) is 20.5. The van der Waals surface area contributed by atoms with E-state index in [1.165, 1.54) is 40.0 Å². The van der Waals surface area contributed by atoms with Crippen molar-refractivity contribution in [1.29, 1.82) is 0 Å². The normalized spacial score (nSPS) is 19.8. The standard InChI is InChI=1S/C24H22F5N5O4/c1-22(2,38)19-30-13-9-8-12(25)16(24(27,28)29)18(13)34(19)14-7-5-6-11(17(14)26)23(3)10-15(35)33(4)20(32-23)31-21(36)37/h5-9,38H,10H2,1-4H3,(H,31,32)(H,36,37)/t23-/m0/s1. The number of benzene rings is 2. The Morgan fingerprint density at radius 2 is 1.84 bits per heavy atom. The first-order chi connectivity index (χ1) is 17.5. The Morgan fingerprint density at radius 1 is 1.18 bits per heavy atom. The number of aromatic nitrogens is 2. The number of nitrogens with zero attached hydrogens (tertiary/aromatic N) is 4. The minimum Gasteiger partial charge on any atom is -0.463 e. The molecule has 2 heterocycles. The lowest BCUT2D eigenvalue weighted by Crippen LogP contribution is -2.59. The van der Waals surface area contributed by atoms with E-state index in [1.807, 2.05) is 0 Å². The van der Waals surface area contributed by atoms with Crippen molar-refractivity contribution in [2.24, 2.45) is 4.99 Å². The Bertz CT molecular complexity index is 1510. The van der Waals surface area contributed by atoms with Gasteiger partial charge in [0.2, 0.25) is 11.9 Å². The predicted molar refractivity (Wildman–Crippen MR) is 125 cm³/mol. The summed E-state index contributed by atoms with van der Waals surface area (Å²) in [6.07, 6.45) is -7.18. The molecular formula is C24H22F5N5O4. The highest BCUT2D eigenvalue weighted by Gasteiger charge is 2.43. The van der Waals surface area contributed by atoms with Crippen molar-refractivity contribution in [3.63, 3.8) is 0 Å². The first kappa shape index (κ1) is 27.0. The monoisotopic (exact) mass is 539 g/mol. The fourth-order valence-corrected chi connectivity index (χ4v) is 4.45. The van der Waals surface area contributed by atoms with E-state index in [2.05, 4.69) is 15.3 Å². The van der Waals surface area contributed by atoms with Crippen molar-refractivity contribution in [2.75, 3.05) is 7.05 Å². The SMILES string of the molecule is CN1C(=O)C[C@@](C)(c2cccc(-n3c(C(C)(C)O)nc4ccc(F)c(C(F)(F)F)c43)c2F)N/C1=N\C(=O)O. The number of hydrogen-bond acceptors (Lipinski definition) is 4. The van der Waals surface area contributed by atoms with Gasteiger partial charge in [-0.15, -0.1) is 4.99 Å². The van der Waals surface area contributed by atoms with Gasteiger partial charge in [0, 0.05) is 12.6 Å². The van der Waals surface area contributed by atoms with Crippen LogP contribution in [0, 0.1) is 11.6 Å². The minimum absolute atomic E-state index is 0.219. The largest absolute Gasteiger partial charge is 0.463 e. The lowest BCUT2D eigenvalue weighted by Gasteiger charge is -2.40. The second-order valence-electron chi connectivity index (χ2n) is 9.56. The van der Waals surface area contributed by atoms with Gasteiger partial charge in [0.15, 0.2) is 5.82 Å². The third-order valence-corrected chi connectivity index (χ3v) is 6.20. The van der Waals surface area contributed by atoms with Crippen molar-refractivity contribution in [3.05, 3.63) is 58.9 Å². The van der Waals surface area contributed by atoms with E-state index in [4.69, 9.17) is 5.11 Å². The molecule has 2 aromatic carbocycles. The third-order valence-electron chi connectivity index (χ3n) is 6.20. The van der Waals surface area contributed by atoms with Crippen LogP contribution < -0.4 is 5.32 Å². The van der Waals surface area contributed by atoms with Crippen LogP contribution in [0.1, 0.15) is 44.1 Å². The fourth-order valence-electron chi connectivity index (χ4n) is 4.45. The summed E-state index contributed by atoms with van der Waals surface area (Å²) in [4.78, 5) is 32.1. The smallest absolute Gasteiger partial charge is 0.434 e. The van der Waals surface area contributed by atoms with Gasteiger partial charge in [-0.1, -0.05) is 12.1 Å². The van der Waals surface area contributed by atoms with Crippen LogP contribution in [0.5, 0.6) is 0 Å². The van der Waals surface area contributed by atoms with Gasteiger partial charge in [-0.2, -0.15) is 13.2 Å². The lowest BCUT2D eigenvalue weighted by atomic mass is 9.85. The fraction of sp³-hybridized carbons (Fsp3) is 0.333. The number of amides is 2. The van der Waals surface area contributed by atoms with Gasteiger partial charge in [-0.05, 0) is 39.0 Å². The maximum absolute atomic E-state index is 16.3. The topological polar surface area (TPSA) is 120 Å². The van der Waals surface area contributed by atoms with Crippen molar-refractivity contribution in [1.82, 2.24) is 19.8 Å². The molecule has 38 heavy (non-hydrogen) atoms. The molecule has 0 saturated carbocycles. The van der Waals surface area contributed by atoms with Gasteiger partial charge in [-0.3, -0.25) is 14.3 Å². The average molecular weight is 539 g/mol. The van der Waals surface area contributed by atoms with Crippen LogP contribution in [0.4, 0.5) is 26.7 Å². The zero-order valence-electron chi connectivity index (χ0n) is 20.5. The first-order valence-corrected chi connectivity index (χ1v) is 11.1. The summed E-state index contributed by atoms with van der Waals surface area (Å²) in [6, 6.07) is 5.25. The van der Waals surface area contributed by atoms with E-state index < -0.39 is 63.5 Å². The highest BCUT2D eigenvalue weighted by atomic mass is 19.4. The molecule has 0 bridgehead atoms. The molecule has 3 N–H and O–H groups in total. The molecule has 1 aromatic heterocycles. The second-order valence-corrected chi connectivity index (χ2v) is 9.56. The minimum atomic E-state index is -5.19. The Labute approximate surface area is 212 Å². The lowest BCUT2D eigenvalue weighted by molar-refractivity contribution is -0.138. The number of halogens is 5. The number of carboxylic acid groups (broad SMARTS) is 1. The maximum Gasteiger partial charge on any atom is 0.434 e. The van der Waals surface area contributed by atoms with Gasteiger partial charge >= 0.3 is 12.3 Å². The summed E-state index contributed by atoms with van der Waals surface area (Å²) in [7, 11) is 1.27. The number of nitrogens with one attached hydrogen (secondary N) is 1. The summed E-state index contributed by atoms with van der Waals surface area (Å²) in [5.74, 6) is -4.12. The highest BCUT2D eigenvalue weighted by molar-refractivity contribution is 6.03. The van der Waals surface area contributed by atoms with Crippen molar-refractivity contribution < 1.29 is 41.8 Å². The van der Waals surface area contributed by atoms with Crippen LogP contribution in [0.15, 0.2) is 35.3 Å². The summed E-state index contributed by atoms with van der Waals surface area (Å²) < 4.78 is 73.5. The van der Waals surface area contributed by atoms with Crippen LogP contribution in [-0.4, -0.2) is 49.7 Å². The van der Waals surface area contributed by atoms with Crippen molar-refractivity contribution >= 4 is 29.0 Å². The summed E-state index contributed by atoms with van der Waals surface area (Å²) >= 11 is 0. The Hall–Kier alpha value is -4.07. The molecule has 1 aliphatic heterocycles. The van der Waals surface area contributed by atoms with Gasteiger partial charge in [0.25, 0.3) is 0 Å². The molecule has 202 valence electrons. The molecule has 3 aromatic rings. The highest BCUT2D eigenvalue weighted by Crippen LogP contribution is 2.41. The Morgan fingerprint density at radius 3 is 2.42 bits per heavy atom. The number of guanidine groups is 1. The molecule has 1 saturated heterocycles. The quantitative estimate of drug-likeness (QED) is 0.428. The van der Waals surface area contributed by atoms with Gasteiger partial charge < -0.3 is 15.5 Å². The van der Waals surface area contributed by atoms with Crippen LogP contribution in [0.2, 0.25) is 0 Å². The van der Waals surface area contributed by atoms with E-state index in [1.54, 1.807) is 0 Å². The van der Waals surface area contributed by atoms with E-state index in [-0.39, 0.29) is 23.5 Å². The molecule has 0 radical (unpaired) electrons. The molecule has 0 unspecified atom stereocenters. The molecule has 1 aliphatic rings. The van der Waals surface area contributed by atoms with Gasteiger partial charge in [0.1, 0.15) is 22.8 Å². The van der Waals surface area contributed by atoms with Gasteiger partial charge in [0.05, 0.1) is 28.7 Å². The molecule has 1 fully saturated rings. The van der Waals surface area contributed by atoms with E-state index in [0.717, 1.165) is 17.0 Å². The number of rotatable bonds is 3. The molecule has 1 atom stereocenters. The first-order valence-electron chi connectivity index (χ1n) is 11.1. The number of hydrogen-bond donors (Lipinski definition) is 3. The van der Waals surface area contributed by atoms with Crippen LogP contribution in [-0.2, 0) is 22.1 Å². The van der Waals surface area contributed by atoms with E-state index in [9.17, 15) is 32.3 Å². The van der Waals surface area contributed by atoms with Crippen LogP contribution in [0.3, 0.4) is 0 Å². The maximum atomic E-state index is 16.3. The van der Waals surface area contributed by atoms with E-state index >= 15 is 4.39 Å². The number of aliphatic imine (C=N–C) groups is 1. The third kappa shape index (κ3) is 4.44. The van der Waals surface area contributed by atoms with Crippen LogP contribution >= 0.6 is 0 Å². The Balaban J connectivity index is 2.04. The molecule has 2 amide bonds. The molecule has 9 nitrogen and oxygen atoms in total. The molecule has 4 rings (SSSR count).